The Labute approximate surface area is 180 Å². The van der Waals surface area contributed by atoms with Gasteiger partial charge in [0.05, 0.1) is 17.1 Å². The summed E-state index contributed by atoms with van der Waals surface area (Å²) < 4.78 is 10.9. The monoisotopic (exact) mass is 419 g/mol. The maximum absolute atomic E-state index is 12.6. The number of benzene rings is 2. The summed E-state index contributed by atoms with van der Waals surface area (Å²) in [5.41, 5.74) is 2.60. The number of ether oxygens (including phenoxy) is 2. The number of esters is 1. The maximum Gasteiger partial charge on any atom is 0.341 e. The molecule has 0 radical (unpaired) electrons. The van der Waals surface area contributed by atoms with Gasteiger partial charge >= 0.3 is 11.9 Å². The van der Waals surface area contributed by atoms with Crippen molar-refractivity contribution in [3.63, 3.8) is 0 Å². The molecule has 2 aromatic carbocycles. The van der Waals surface area contributed by atoms with Gasteiger partial charge in [-0.05, 0) is 48.6 Å². The number of aliphatic carboxylic acids is 1. The Morgan fingerprint density at radius 3 is 2.48 bits per heavy atom. The highest BCUT2D eigenvalue weighted by atomic mass is 16.5. The van der Waals surface area contributed by atoms with Gasteiger partial charge in [-0.1, -0.05) is 49.2 Å². The first-order valence-corrected chi connectivity index (χ1v) is 10.6. The smallest absolute Gasteiger partial charge is 0.341 e. The Kier molecular flexibility index (Phi) is 6.46. The number of nitrogens with zero attached hydrogens (tertiary/aromatic N) is 1. The summed E-state index contributed by atoms with van der Waals surface area (Å²) in [5.74, 6) is -1.20. The van der Waals surface area contributed by atoms with E-state index in [9.17, 15) is 9.59 Å². The number of carboxylic acids is 1. The number of carbonyl (C=O) groups excluding carboxylic acids is 1. The molecule has 0 aliphatic heterocycles. The predicted octanol–water partition coefficient (Wildman–Crippen LogP) is 4.72. The number of aromatic nitrogens is 1. The minimum Gasteiger partial charge on any atom is -0.487 e. The van der Waals surface area contributed by atoms with Gasteiger partial charge in [0.2, 0.25) is 0 Å². The fraction of sp³-hybridized carbons (Fsp3) is 0.320. The lowest BCUT2D eigenvalue weighted by atomic mass is 9.85. The molecule has 1 saturated carbocycles. The van der Waals surface area contributed by atoms with Crippen LogP contribution in [0.1, 0.15) is 42.9 Å². The first kappa shape index (κ1) is 20.8. The zero-order valence-electron chi connectivity index (χ0n) is 17.2. The van der Waals surface area contributed by atoms with Crippen LogP contribution in [0, 0.1) is 5.92 Å². The quantitative estimate of drug-likeness (QED) is 0.532. The van der Waals surface area contributed by atoms with Gasteiger partial charge in [0, 0.05) is 5.39 Å². The Balaban J connectivity index is 1.44. The van der Waals surface area contributed by atoms with Crippen molar-refractivity contribution >= 4 is 22.8 Å². The molecule has 1 unspecified atom stereocenters. The van der Waals surface area contributed by atoms with E-state index in [2.05, 4.69) is 4.98 Å². The largest absolute Gasteiger partial charge is 0.487 e. The molecule has 1 aliphatic rings. The highest BCUT2D eigenvalue weighted by molar-refractivity contribution is 5.81. The molecule has 1 aromatic heterocycles. The van der Waals surface area contributed by atoms with Crippen molar-refractivity contribution in [2.75, 3.05) is 6.61 Å². The van der Waals surface area contributed by atoms with E-state index in [1.165, 1.54) is 0 Å². The molecule has 1 aliphatic carbocycles. The van der Waals surface area contributed by atoms with Gasteiger partial charge in [0.25, 0.3) is 0 Å². The third-order valence-corrected chi connectivity index (χ3v) is 5.75. The van der Waals surface area contributed by atoms with E-state index in [1.54, 1.807) is 0 Å². The van der Waals surface area contributed by atoms with E-state index in [0.29, 0.717) is 12.4 Å². The molecular weight excluding hydrogens is 394 g/mol. The fourth-order valence-corrected chi connectivity index (χ4v) is 4.23. The highest BCUT2D eigenvalue weighted by Gasteiger charge is 2.33. The van der Waals surface area contributed by atoms with Crippen LogP contribution in [0.2, 0.25) is 0 Å². The molecule has 1 N–H and O–H groups in total. The second-order valence-electron chi connectivity index (χ2n) is 7.88. The van der Waals surface area contributed by atoms with Crippen LogP contribution >= 0.6 is 0 Å². The van der Waals surface area contributed by atoms with Gasteiger partial charge in [-0.25, -0.2) is 9.78 Å². The van der Waals surface area contributed by atoms with Gasteiger partial charge in [0.1, 0.15) is 12.4 Å². The van der Waals surface area contributed by atoms with E-state index >= 15 is 0 Å². The molecule has 0 bridgehead atoms. The van der Waals surface area contributed by atoms with Crippen LogP contribution in [-0.2, 0) is 20.9 Å². The minimum absolute atomic E-state index is 0.176. The second-order valence-corrected chi connectivity index (χ2v) is 7.88. The predicted molar refractivity (Wildman–Crippen MR) is 116 cm³/mol. The van der Waals surface area contributed by atoms with Crippen molar-refractivity contribution in [1.29, 1.82) is 0 Å². The molecule has 1 heterocycles. The minimum atomic E-state index is -1.15. The second kappa shape index (κ2) is 9.60. The molecule has 1 fully saturated rings. The number of para-hydroxylation sites is 1. The van der Waals surface area contributed by atoms with Crippen molar-refractivity contribution in [3.05, 3.63) is 71.9 Å². The normalized spacial score (nSPS) is 15.0. The lowest BCUT2D eigenvalue weighted by molar-refractivity contribution is -0.157. The number of carbonyl (C=O) groups is 2. The van der Waals surface area contributed by atoms with Gasteiger partial charge in [-0.3, -0.25) is 4.79 Å². The lowest BCUT2D eigenvalue weighted by Gasteiger charge is -2.22. The molecular formula is C25H25NO5. The summed E-state index contributed by atoms with van der Waals surface area (Å²) in [4.78, 5) is 28.0. The van der Waals surface area contributed by atoms with Gasteiger partial charge in [-0.2, -0.15) is 0 Å². The molecule has 3 aromatic rings. The summed E-state index contributed by atoms with van der Waals surface area (Å²) in [5, 5.41) is 9.92. The summed E-state index contributed by atoms with van der Waals surface area (Å²) in [6, 6.07) is 19.3. The number of pyridine rings is 1. The van der Waals surface area contributed by atoms with Crippen LogP contribution in [0.3, 0.4) is 0 Å². The Morgan fingerprint density at radius 1 is 1.00 bits per heavy atom. The molecule has 4 rings (SSSR count). The summed E-state index contributed by atoms with van der Waals surface area (Å²) in [6.07, 6.45) is 4.04. The molecule has 160 valence electrons. The summed E-state index contributed by atoms with van der Waals surface area (Å²) >= 11 is 0. The van der Waals surface area contributed by atoms with Crippen LogP contribution < -0.4 is 4.74 Å². The van der Waals surface area contributed by atoms with Crippen LogP contribution in [0.15, 0.2) is 60.7 Å². The lowest BCUT2D eigenvalue weighted by Crippen LogP contribution is -2.24. The molecule has 0 saturated heterocycles. The van der Waals surface area contributed by atoms with Crippen molar-refractivity contribution in [1.82, 2.24) is 4.98 Å². The van der Waals surface area contributed by atoms with Crippen molar-refractivity contribution in [2.24, 2.45) is 5.92 Å². The van der Waals surface area contributed by atoms with Crippen molar-refractivity contribution in [2.45, 2.75) is 38.2 Å². The summed E-state index contributed by atoms with van der Waals surface area (Å²) in [6.45, 7) is -0.265. The molecule has 1 atom stereocenters. The van der Waals surface area contributed by atoms with Crippen LogP contribution in [0.5, 0.6) is 5.75 Å². The average Bonchev–Trinajstić information content (AvgIpc) is 3.31. The van der Waals surface area contributed by atoms with Crippen molar-refractivity contribution < 1.29 is 24.2 Å². The highest BCUT2D eigenvalue weighted by Crippen LogP contribution is 2.38. The third-order valence-electron chi connectivity index (χ3n) is 5.75. The van der Waals surface area contributed by atoms with Crippen LogP contribution in [0.25, 0.3) is 10.9 Å². The number of hydrogen-bond donors (Lipinski definition) is 1. The Morgan fingerprint density at radius 2 is 1.74 bits per heavy atom. The molecule has 6 nitrogen and oxygen atoms in total. The van der Waals surface area contributed by atoms with E-state index < -0.39 is 24.5 Å². The van der Waals surface area contributed by atoms with Crippen LogP contribution in [-0.4, -0.2) is 28.6 Å². The standard InChI is InChI=1S/C25H25NO5/c27-23(28)16-31-25(29)24(18-6-1-2-7-18)19-10-13-21(14-11-19)30-15-20-12-9-17-5-3-4-8-22(17)26-20/h3-5,8-14,18,24H,1-2,6-7,15-16H2,(H,27,28). The first-order chi connectivity index (χ1) is 15.1. The fourth-order valence-electron chi connectivity index (χ4n) is 4.23. The average molecular weight is 419 g/mol. The molecule has 31 heavy (non-hydrogen) atoms. The van der Waals surface area contributed by atoms with Crippen LogP contribution in [0.4, 0.5) is 0 Å². The molecule has 0 spiro atoms. The number of fused-ring (bicyclic) bond motifs is 1. The number of rotatable bonds is 8. The topological polar surface area (TPSA) is 85.7 Å². The first-order valence-electron chi connectivity index (χ1n) is 10.6. The van der Waals surface area contributed by atoms with Gasteiger partial charge in [0.15, 0.2) is 6.61 Å². The van der Waals surface area contributed by atoms with E-state index in [0.717, 1.165) is 47.8 Å². The Bertz CT molecular complexity index is 1060. The Hall–Kier alpha value is -3.41. The summed E-state index contributed by atoms with van der Waals surface area (Å²) in [7, 11) is 0. The zero-order chi connectivity index (χ0) is 21.6. The number of hydrogen-bond acceptors (Lipinski definition) is 5. The van der Waals surface area contributed by atoms with Gasteiger partial charge in [-0.15, -0.1) is 0 Å². The van der Waals surface area contributed by atoms with Crippen molar-refractivity contribution in [3.8, 4) is 5.75 Å². The molecule has 0 amide bonds. The van der Waals surface area contributed by atoms with E-state index in [-0.39, 0.29) is 5.92 Å². The third kappa shape index (κ3) is 5.20. The zero-order valence-corrected chi connectivity index (χ0v) is 17.2. The van der Waals surface area contributed by atoms with E-state index in [4.69, 9.17) is 14.6 Å². The maximum atomic E-state index is 12.6. The SMILES string of the molecule is O=C(O)COC(=O)C(c1ccc(OCc2ccc3ccccc3n2)cc1)C1CCCC1. The van der Waals surface area contributed by atoms with E-state index in [1.807, 2.05) is 60.7 Å². The molecule has 6 heteroatoms. The van der Waals surface area contributed by atoms with Gasteiger partial charge < -0.3 is 14.6 Å². The number of carboxylic acid groups (broad SMARTS) is 1.